The van der Waals surface area contributed by atoms with Gasteiger partial charge in [-0.3, -0.25) is 9.44 Å². The van der Waals surface area contributed by atoms with Crippen LogP contribution in [-0.2, 0) is 30.1 Å². The zero-order valence-corrected chi connectivity index (χ0v) is 23.5. The number of halogens is 1. The second-order valence-corrected chi connectivity index (χ2v) is 13.7. The summed E-state index contributed by atoms with van der Waals surface area (Å²) in [5.41, 5.74) is 0.127. The highest BCUT2D eigenvalue weighted by Gasteiger charge is 2.25. The molecular weight excluding hydrogens is 574 g/mol. The van der Waals surface area contributed by atoms with Gasteiger partial charge in [-0.2, -0.15) is 12.7 Å². The van der Waals surface area contributed by atoms with Crippen molar-refractivity contribution in [3.63, 3.8) is 0 Å². The SMILES string of the molecule is CCN(CC)S(=O)(=O)c1ccc(S(=O)(=O)Nc2ccc(Cl)cc2NS(=O)(=O)c2cc3ccccc3o2)cc1. The quantitative estimate of drug-likeness (QED) is 0.269. The van der Waals surface area contributed by atoms with Gasteiger partial charge in [0.05, 0.1) is 21.2 Å². The van der Waals surface area contributed by atoms with Gasteiger partial charge in [-0.25, -0.2) is 16.8 Å². The average molecular weight is 598 g/mol. The van der Waals surface area contributed by atoms with Crippen molar-refractivity contribution in [1.29, 1.82) is 0 Å². The zero-order chi connectivity index (χ0) is 27.7. The van der Waals surface area contributed by atoms with Gasteiger partial charge in [-0.1, -0.05) is 43.6 Å². The average Bonchev–Trinajstić information content (AvgIpc) is 3.32. The second kappa shape index (κ2) is 10.6. The van der Waals surface area contributed by atoms with Gasteiger partial charge in [0.2, 0.25) is 15.1 Å². The summed E-state index contributed by atoms with van der Waals surface area (Å²) in [6, 6.07) is 16.8. The summed E-state index contributed by atoms with van der Waals surface area (Å²) in [5, 5.41) is 0.366. The van der Waals surface area contributed by atoms with Crippen molar-refractivity contribution in [3.05, 3.63) is 77.8 Å². The van der Waals surface area contributed by atoms with Crippen LogP contribution in [0.3, 0.4) is 0 Å². The van der Waals surface area contributed by atoms with E-state index in [1.54, 1.807) is 38.1 Å². The van der Waals surface area contributed by atoms with Gasteiger partial charge in [-0.15, -0.1) is 0 Å². The Morgan fingerprint density at radius 1 is 0.737 bits per heavy atom. The maximum atomic E-state index is 13.1. The molecule has 0 bridgehead atoms. The number of nitrogens with one attached hydrogen (secondary N) is 2. The van der Waals surface area contributed by atoms with Crippen LogP contribution in [0.5, 0.6) is 0 Å². The molecule has 38 heavy (non-hydrogen) atoms. The molecule has 0 spiro atoms. The predicted molar refractivity (Wildman–Crippen MR) is 146 cm³/mol. The molecule has 0 aliphatic carbocycles. The zero-order valence-electron chi connectivity index (χ0n) is 20.3. The molecule has 10 nitrogen and oxygen atoms in total. The number of rotatable bonds is 10. The Labute approximate surface area is 226 Å². The number of nitrogens with zero attached hydrogens (tertiary/aromatic N) is 1. The second-order valence-electron chi connectivity index (χ2n) is 8.06. The molecule has 0 saturated heterocycles. The van der Waals surface area contributed by atoms with Crippen molar-refractivity contribution in [2.75, 3.05) is 22.5 Å². The minimum absolute atomic E-state index is 0.0501. The molecule has 2 N–H and O–H groups in total. The van der Waals surface area contributed by atoms with Gasteiger partial charge in [0.25, 0.3) is 20.0 Å². The lowest BCUT2D eigenvalue weighted by atomic mass is 10.3. The largest absolute Gasteiger partial charge is 0.443 e. The van der Waals surface area contributed by atoms with Crippen LogP contribution in [-0.4, -0.2) is 42.6 Å². The van der Waals surface area contributed by atoms with E-state index in [4.69, 9.17) is 16.0 Å². The monoisotopic (exact) mass is 597 g/mol. The number of benzene rings is 3. The summed E-state index contributed by atoms with van der Waals surface area (Å²) in [6.45, 7) is 3.94. The minimum atomic E-state index is -4.25. The Kier molecular flexibility index (Phi) is 7.77. The lowest BCUT2D eigenvalue weighted by Crippen LogP contribution is -2.30. The minimum Gasteiger partial charge on any atom is -0.443 e. The van der Waals surface area contributed by atoms with Crippen LogP contribution in [0, 0.1) is 0 Å². The molecule has 0 saturated carbocycles. The first-order valence-corrected chi connectivity index (χ1v) is 16.1. The van der Waals surface area contributed by atoms with E-state index in [1.165, 1.54) is 40.7 Å². The van der Waals surface area contributed by atoms with Crippen LogP contribution in [0.25, 0.3) is 11.0 Å². The van der Waals surface area contributed by atoms with Gasteiger partial charge in [-0.05, 0) is 48.5 Å². The Bertz CT molecular complexity index is 1770. The molecule has 1 aromatic heterocycles. The van der Waals surface area contributed by atoms with E-state index >= 15 is 0 Å². The van der Waals surface area contributed by atoms with Gasteiger partial charge in [0.15, 0.2) is 0 Å². The number of hydrogen-bond acceptors (Lipinski definition) is 7. The fraction of sp³-hybridized carbons (Fsp3) is 0.167. The molecule has 4 aromatic rings. The Morgan fingerprint density at radius 3 is 1.97 bits per heavy atom. The molecule has 0 aliphatic heterocycles. The predicted octanol–water partition coefficient (Wildman–Crippen LogP) is 4.72. The van der Waals surface area contributed by atoms with E-state index in [-0.39, 0.29) is 44.4 Å². The summed E-state index contributed by atoms with van der Waals surface area (Å²) in [5.74, 6) is 0. The molecule has 4 rings (SSSR count). The number of anilines is 2. The van der Waals surface area contributed by atoms with Crippen molar-refractivity contribution in [2.24, 2.45) is 0 Å². The molecule has 0 radical (unpaired) electrons. The highest BCUT2D eigenvalue weighted by molar-refractivity contribution is 7.93. The molecule has 202 valence electrons. The van der Waals surface area contributed by atoms with E-state index in [2.05, 4.69) is 9.44 Å². The van der Waals surface area contributed by atoms with Crippen molar-refractivity contribution in [1.82, 2.24) is 4.31 Å². The number of sulfonamides is 3. The normalized spacial score (nSPS) is 12.6. The first-order valence-electron chi connectivity index (χ1n) is 11.3. The molecule has 0 fully saturated rings. The fourth-order valence-electron chi connectivity index (χ4n) is 3.68. The standard InChI is InChI=1S/C24H24ClN3O7S3/c1-3-28(4-2)38(33,34)20-12-10-19(11-13-20)36(29,30)26-21-14-9-18(25)16-22(21)27-37(31,32)24-15-17-7-5-6-8-23(17)35-24/h5-16,26-27H,3-4H2,1-2H3. The fourth-order valence-corrected chi connectivity index (χ4v) is 7.43. The van der Waals surface area contributed by atoms with Crippen molar-refractivity contribution in [3.8, 4) is 0 Å². The summed E-state index contributed by atoms with van der Waals surface area (Å²) in [6.07, 6.45) is 0. The molecule has 1 heterocycles. The molecule has 14 heteroatoms. The lowest BCUT2D eigenvalue weighted by molar-refractivity contribution is 0.445. The van der Waals surface area contributed by atoms with Gasteiger partial charge < -0.3 is 4.42 Å². The third kappa shape index (κ3) is 5.66. The summed E-state index contributed by atoms with van der Waals surface area (Å²) in [7, 11) is -12.3. The van der Waals surface area contributed by atoms with Crippen LogP contribution in [0.1, 0.15) is 13.8 Å². The van der Waals surface area contributed by atoms with E-state index in [9.17, 15) is 25.3 Å². The van der Waals surface area contributed by atoms with Crippen LogP contribution in [0.2, 0.25) is 5.02 Å². The number of furan rings is 1. The highest BCUT2D eigenvalue weighted by Crippen LogP contribution is 2.32. The number of hydrogen-bond donors (Lipinski definition) is 2. The van der Waals surface area contributed by atoms with Crippen LogP contribution in [0.4, 0.5) is 11.4 Å². The number of para-hydroxylation sites is 1. The van der Waals surface area contributed by atoms with Crippen LogP contribution >= 0.6 is 11.6 Å². The first kappa shape index (κ1) is 27.9. The highest BCUT2D eigenvalue weighted by atomic mass is 35.5. The Morgan fingerprint density at radius 2 is 1.34 bits per heavy atom. The molecule has 0 atom stereocenters. The summed E-state index contributed by atoms with van der Waals surface area (Å²) in [4.78, 5) is -0.275. The van der Waals surface area contributed by atoms with Gasteiger partial charge >= 0.3 is 0 Å². The smallest absolute Gasteiger partial charge is 0.295 e. The summed E-state index contributed by atoms with van der Waals surface area (Å²) >= 11 is 6.06. The van der Waals surface area contributed by atoms with E-state index < -0.39 is 30.1 Å². The first-order chi connectivity index (χ1) is 17.9. The Balaban J connectivity index is 1.63. The van der Waals surface area contributed by atoms with Gasteiger partial charge in [0.1, 0.15) is 5.58 Å². The van der Waals surface area contributed by atoms with E-state index in [1.807, 2.05) is 0 Å². The summed E-state index contributed by atoms with van der Waals surface area (Å²) < 4.78 is 89.0. The molecule has 0 aliphatic rings. The molecular formula is C24H24ClN3O7S3. The van der Waals surface area contributed by atoms with E-state index in [0.29, 0.717) is 11.0 Å². The lowest BCUT2D eigenvalue weighted by Gasteiger charge is -2.18. The maximum absolute atomic E-state index is 13.1. The van der Waals surface area contributed by atoms with Crippen molar-refractivity contribution < 1.29 is 29.7 Å². The molecule has 0 unspecified atom stereocenters. The van der Waals surface area contributed by atoms with Crippen LogP contribution < -0.4 is 9.44 Å². The topological polar surface area (TPSA) is 143 Å². The maximum Gasteiger partial charge on any atom is 0.295 e. The van der Waals surface area contributed by atoms with Crippen LogP contribution in [0.15, 0.2) is 92.1 Å². The van der Waals surface area contributed by atoms with Gasteiger partial charge in [0, 0.05) is 29.6 Å². The van der Waals surface area contributed by atoms with E-state index in [0.717, 1.165) is 12.1 Å². The molecule has 0 amide bonds. The Hall–Kier alpha value is -3.10. The third-order valence-corrected chi connectivity index (χ3v) is 10.5. The molecule has 3 aromatic carbocycles. The van der Waals surface area contributed by atoms with Crippen molar-refractivity contribution >= 4 is 64.0 Å². The van der Waals surface area contributed by atoms with Crippen molar-refractivity contribution in [2.45, 2.75) is 28.7 Å². The number of fused-ring (bicyclic) bond motifs is 1. The third-order valence-electron chi connectivity index (χ3n) is 5.62.